The molecule has 1 aliphatic heterocycles. The third-order valence-electron chi connectivity index (χ3n) is 5.47. The molecule has 0 saturated carbocycles. The number of fused-ring (bicyclic) bond motifs is 2. The van der Waals surface area contributed by atoms with Gasteiger partial charge in [-0.05, 0) is 11.5 Å². The molecular weight excluding hydrogens is 420 g/mol. The number of ether oxygens (including phenoxy) is 1. The number of nitrogens with zero attached hydrogens (tertiary/aromatic N) is 4. The highest BCUT2D eigenvalue weighted by Gasteiger charge is 2.35. The second kappa shape index (κ2) is 7.67. The van der Waals surface area contributed by atoms with Crippen LogP contribution in [0.25, 0.3) is 21.9 Å². The molecule has 12 nitrogen and oxygen atoms in total. The number of imidazole rings is 1. The van der Waals surface area contributed by atoms with E-state index in [1.807, 2.05) is 12.1 Å². The zero-order chi connectivity index (χ0) is 22.4. The highest BCUT2D eigenvalue weighted by atomic mass is 16.6. The first-order valence-corrected chi connectivity index (χ1v) is 9.80. The highest BCUT2D eigenvalue weighted by molar-refractivity contribution is 5.99. The van der Waals surface area contributed by atoms with Gasteiger partial charge in [-0.25, -0.2) is 4.98 Å². The summed E-state index contributed by atoms with van der Waals surface area (Å²) in [6.07, 6.45) is -0.756. The molecule has 3 heterocycles. The van der Waals surface area contributed by atoms with Gasteiger partial charge in [-0.3, -0.25) is 24.5 Å². The largest absolute Gasteiger partial charge is 0.394 e. The average Bonchev–Trinajstić information content (AvgIpc) is 3.37. The number of aliphatic hydroxyl groups is 2. The fraction of sp³-hybridized carbons (Fsp3) is 0.250. The van der Waals surface area contributed by atoms with Crippen LogP contribution in [0.4, 0.5) is 17.3 Å². The number of H-pyrrole nitrogens is 1. The van der Waals surface area contributed by atoms with Crippen LogP contribution in [0.1, 0.15) is 12.6 Å². The first kappa shape index (κ1) is 20.1. The predicted molar refractivity (Wildman–Crippen MR) is 114 cm³/mol. The Bertz CT molecular complexity index is 1400. The summed E-state index contributed by atoms with van der Waals surface area (Å²) in [7, 11) is 0. The van der Waals surface area contributed by atoms with E-state index < -0.39 is 28.9 Å². The van der Waals surface area contributed by atoms with Gasteiger partial charge in [0, 0.05) is 17.9 Å². The Morgan fingerprint density at radius 3 is 2.88 bits per heavy atom. The molecule has 2 aromatic carbocycles. The van der Waals surface area contributed by atoms with Crippen LogP contribution in [0.15, 0.2) is 47.5 Å². The van der Waals surface area contributed by atoms with Gasteiger partial charge in [0.25, 0.3) is 11.2 Å². The summed E-state index contributed by atoms with van der Waals surface area (Å²) in [6, 6.07) is 10.2. The Labute approximate surface area is 179 Å². The summed E-state index contributed by atoms with van der Waals surface area (Å²) >= 11 is 0. The van der Waals surface area contributed by atoms with Crippen LogP contribution in [0, 0.1) is 10.1 Å². The van der Waals surface area contributed by atoms with Crippen molar-refractivity contribution in [3.05, 3.63) is 63.2 Å². The number of aromatic amines is 1. The highest BCUT2D eigenvalue weighted by Crippen LogP contribution is 2.35. The molecule has 3 unspecified atom stereocenters. The van der Waals surface area contributed by atoms with E-state index in [1.54, 1.807) is 18.2 Å². The fourth-order valence-electron chi connectivity index (χ4n) is 3.91. The molecule has 2 aromatic heterocycles. The third kappa shape index (κ3) is 3.26. The smallest absolute Gasteiger partial charge is 0.293 e. The number of nitro groups is 1. The minimum atomic E-state index is -0.875. The molecule has 12 heteroatoms. The van der Waals surface area contributed by atoms with E-state index in [0.29, 0.717) is 5.39 Å². The summed E-state index contributed by atoms with van der Waals surface area (Å²) in [6.45, 7) is -0.351. The average molecular weight is 438 g/mol. The Balaban J connectivity index is 1.60. The van der Waals surface area contributed by atoms with Crippen molar-refractivity contribution < 1.29 is 19.9 Å². The van der Waals surface area contributed by atoms with Crippen molar-refractivity contribution in [2.24, 2.45) is 0 Å². The van der Waals surface area contributed by atoms with Crippen molar-refractivity contribution in [2.75, 3.05) is 11.9 Å². The number of aromatic nitrogens is 4. The van der Waals surface area contributed by atoms with Crippen LogP contribution in [0.5, 0.6) is 0 Å². The maximum Gasteiger partial charge on any atom is 0.293 e. The van der Waals surface area contributed by atoms with Crippen molar-refractivity contribution in [2.45, 2.75) is 24.9 Å². The zero-order valence-electron chi connectivity index (χ0n) is 16.5. The monoisotopic (exact) mass is 438 g/mol. The first-order chi connectivity index (χ1) is 15.5. The van der Waals surface area contributed by atoms with Crippen molar-refractivity contribution in [3.63, 3.8) is 0 Å². The van der Waals surface area contributed by atoms with Crippen LogP contribution in [-0.4, -0.2) is 53.5 Å². The molecule has 1 aliphatic rings. The molecule has 0 bridgehead atoms. The van der Waals surface area contributed by atoms with E-state index in [9.17, 15) is 25.1 Å². The van der Waals surface area contributed by atoms with Crippen molar-refractivity contribution in [1.82, 2.24) is 19.5 Å². The number of nitrogens with one attached hydrogen (secondary N) is 2. The van der Waals surface area contributed by atoms with Crippen LogP contribution < -0.4 is 10.9 Å². The number of nitro benzene ring substituents is 1. The standard InChI is InChI=1S/C20H18N6O6/c27-8-14-13(28)7-15(32-14)25-9-21-17-18(25)23-20(24-19(17)29)22-16-11-4-2-1-3-10(11)5-6-12(16)26(30)31/h1-6,9,13-15,27-28H,7-8H2,(H2,22,23,24,29). The van der Waals surface area contributed by atoms with Crippen molar-refractivity contribution >= 4 is 39.3 Å². The van der Waals surface area contributed by atoms with E-state index in [4.69, 9.17) is 4.74 Å². The summed E-state index contributed by atoms with van der Waals surface area (Å²) in [5.74, 6) is -0.0130. The fourth-order valence-corrected chi connectivity index (χ4v) is 3.91. The number of rotatable bonds is 5. The van der Waals surface area contributed by atoms with Gasteiger partial charge in [0.05, 0.1) is 24.0 Å². The molecule has 32 heavy (non-hydrogen) atoms. The number of anilines is 2. The molecule has 164 valence electrons. The molecule has 1 saturated heterocycles. The number of hydrogen-bond acceptors (Lipinski definition) is 9. The van der Waals surface area contributed by atoms with Gasteiger partial charge in [0.15, 0.2) is 11.2 Å². The lowest BCUT2D eigenvalue weighted by Gasteiger charge is -2.14. The number of benzene rings is 2. The molecule has 3 atom stereocenters. The molecule has 0 radical (unpaired) electrons. The third-order valence-corrected chi connectivity index (χ3v) is 5.47. The minimum Gasteiger partial charge on any atom is -0.394 e. The SMILES string of the molecule is O=c1[nH]c(Nc2c([N+](=O)[O-])ccc3ccccc23)nc2c1ncn2C1CC(O)C(CO)O1. The molecular formula is C20H18N6O6. The Hall–Kier alpha value is -3.87. The summed E-state index contributed by atoms with van der Waals surface area (Å²) in [5.41, 5.74) is -0.303. The number of hydrogen-bond donors (Lipinski definition) is 4. The van der Waals surface area contributed by atoms with E-state index in [1.165, 1.54) is 17.0 Å². The van der Waals surface area contributed by atoms with E-state index in [2.05, 4.69) is 20.3 Å². The Kier molecular flexibility index (Phi) is 4.81. The van der Waals surface area contributed by atoms with Gasteiger partial charge >= 0.3 is 0 Å². The maximum atomic E-state index is 12.6. The lowest BCUT2D eigenvalue weighted by Crippen LogP contribution is -2.24. The van der Waals surface area contributed by atoms with Gasteiger partial charge in [-0.15, -0.1) is 0 Å². The zero-order valence-corrected chi connectivity index (χ0v) is 16.5. The van der Waals surface area contributed by atoms with E-state index in [-0.39, 0.29) is 41.5 Å². The van der Waals surface area contributed by atoms with Crippen LogP contribution in [0.3, 0.4) is 0 Å². The van der Waals surface area contributed by atoms with E-state index >= 15 is 0 Å². The summed E-state index contributed by atoms with van der Waals surface area (Å²) in [5, 5.41) is 35.2. The molecule has 0 amide bonds. The predicted octanol–water partition coefficient (Wildman–Crippen LogP) is 1.57. The summed E-state index contributed by atoms with van der Waals surface area (Å²) < 4.78 is 7.13. The van der Waals surface area contributed by atoms with E-state index in [0.717, 1.165) is 5.39 Å². The quantitative estimate of drug-likeness (QED) is 0.267. The second-order valence-corrected chi connectivity index (χ2v) is 7.42. The van der Waals surface area contributed by atoms with Gasteiger partial charge in [0.2, 0.25) is 5.95 Å². The lowest BCUT2D eigenvalue weighted by molar-refractivity contribution is -0.383. The molecule has 5 rings (SSSR count). The molecule has 4 N–H and O–H groups in total. The molecule has 1 fully saturated rings. The van der Waals surface area contributed by atoms with Crippen LogP contribution in [-0.2, 0) is 4.74 Å². The maximum absolute atomic E-state index is 12.6. The topological polar surface area (TPSA) is 168 Å². The Morgan fingerprint density at radius 2 is 2.12 bits per heavy atom. The van der Waals surface area contributed by atoms with Crippen LogP contribution >= 0.6 is 0 Å². The second-order valence-electron chi connectivity index (χ2n) is 7.42. The van der Waals surface area contributed by atoms with Crippen molar-refractivity contribution in [3.8, 4) is 0 Å². The number of aliphatic hydroxyl groups excluding tert-OH is 2. The molecule has 0 aliphatic carbocycles. The first-order valence-electron chi connectivity index (χ1n) is 9.80. The van der Waals surface area contributed by atoms with Crippen molar-refractivity contribution in [1.29, 1.82) is 0 Å². The van der Waals surface area contributed by atoms with Crippen LogP contribution in [0.2, 0.25) is 0 Å². The van der Waals surface area contributed by atoms with Gasteiger partial charge in [0.1, 0.15) is 18.0 Å². The van der Waals surface area contributed by atoms with Gasteiger partial charge < -0.3 is 20.3 Å². The normalized spacial score (nSPS) is 20.8. The summed E-state index contributed by atoms with van der Waals surface area (Å²) in [4.78, 5) is 34.7. The molecule has 4 aromatic rings. The van der Waals surface area contributed by atoms with Gasteiger partial charge in [-0.1, -0.05) is 24.3 Å². The minimum absolute atomic E-state index is 0.0130. The Morgan fingerprint density at radius 1 is 1.31 bits per heavy atom. The van der Waals surface area contributed by atoms with Gasteiger partial charge in [-0.2, -0.15) is 4.98 Å². The lowest BCUT2D eigenvalue weighted by atomic mass is 10.1. The molecule has 0 spiro atoms.